The molecule has 2 heterocycles. The number of anilines is 1. The van der Waals surface area contributed by atoms with Gasteiger partial charge in [-0.15, -0.1) is 0 Å². The van der Waals surface area contributed by atoms with Gasteiger partial charge in [0.25, 0.3) is 5.91 Å². The minimum atomic E-state index is -4.59. The summed E-state index contributed by atoms with van der Waals surface area (Å²) in [4.78, 5) is 31.7. The third-order valence-corrected chi connectivity index (χ3v) is 6.41. The average molecular weight is 505 g/mol. The van der Waals surface area contributed by atoms with Crippen LogP contribution in [0.2, 0.25) is 0 Å². The Morgan fingerprint density at radius 3 is 2.75 bits per heavy atom. The first-order valence-corrected chi connectivity index (χ1v) is 11.6. The largest absolute Gasteiger partial charge is 0.416 e. The predicted molar refractivity (Wildman–Crippen MR) is 126 cm³/mol. The molecule has 0 saturated carbocycles. The fourth-order valence-electron chi connectivity index (χ4n) is 4.41. The molecule has 1 fully saturated rings. The van der Waals surface area contributed by atoms with E-state index in [1.165, 1.54) is 6.07 Å². The molecule has 2 amide bonds. The molecule has 1 saturated heterocycles. The summed E-state index contributed by atoms with van der Waals surface area (Å²) in [7, 11) is 1.76. The van der Waals surface area contributed by atoms with Crippen molar-refractivity contribution in [2.24, 2.45) is 0 Å². The van der Waals surface area contributed by atoms with Crippen LogP contribution in [0.1, 0.15) is 46.7 Å². The highest BCUT2D eigenvalue weighted by Crippen LogP contribution is 2.32. The van der Waals surface area contributed by atoms with Gasteiger partial charge < -0.3 is 19.7 Å². The van der Waals surface area contributed by atoms with Crippen LogP contribution in [0.5, 0.6) is 0 Å². The van der Waals surface area contributed by atoms with E-state index in [4.69, 9.17) is 0 Å². The number of likely N-dealkylation sites (N-methyl/N-ethyl adjacent to an activating group) is 1. The Morgan fingerprint density at radius 2 is 2.03 bits per heavy atom. The van der Waals surface area contributed by atoms with Crippen molar-refractivity contribution in [3.05, 3.63) is 59.2 Å². The van der Waals surface area contributed by atoms with Crippen LogP contribution in [-0.2, 0) is 17.5 Å². The smallest absolute Gasteiger partial charge is 0.394 e. The summed E-state index contributed by atoms with van der Waals surface area (Å²) in [6.07, 6.45) is -3.86. The maximum absolute atomic E-state index is 13.1. The van der Waals surface area contributed by atoms with Crippen LogP contribution in [0, 0.1) is 0 Å². The predicted octanol–water partition coefficient (Wildman–Crippen LogP) is 3.39. The molecule has 3 N–H and O–H groups in total. The van der Waals surface area contributed by atoms with Gasteiger partial charge in [-0.25, -0.2) is 4.98 Å². The lowest BCUT2D eigenvalue weighted by molar-refractivity contribution is -0.137. The Morgan fingerprint density at radius 1 is 1.25 bits per heavy atom. The summed E-state index contributed by atoms with van der Waals surface area (Å²) in [5.74, 6) is -0.978. The van der Waals surface area contributed by atoms with E-state index in [1.54, 1.807) is 28.6 Å². The summed E-state index contributed by atoms with van der Waals surface area (Å²) in [5.41, 5.74) is 0.762. The van der Waals surface area contributed by atoms with Crippen LogP contribution in [0.25, 0.3) is 11.0 Å². The third kappa shape index (κ3) is 5.36. The number of aryl methyl sites for hydroxylation is 1. The molecule has 0 aliphatic carbocycles. The van der Waals surface area contributed by atoms with Crippen molar-refractivity contribution in [1.82, 2.24) is 14.5 Å². The molecule has 192 valence electrons. The molecule has 0 radical (unpaired) electrons. The lowest BCUT2D eigenvalue weighted by atomic mass is 9.90. The van der Waals surface area contributed by atoms with Crippen molar-refractivity contribution in [3.8, 4) is 0 Å². The van der Waals surface area contributed by atoms with E-state index in [-0.39, 0.29) is 36.3 Å². The van der Waals surface area contributed by atoms with Gasteiger partial charge in [-0.05, 0) is 55.2 Å². The third-order valence-electron chi connectivity index (χ3n) is 6.41. The highest BCUT2D eigenvalue weighted by Gasteiger charge is 2.31. The second kappa shape index (κ2) is 10.3. The van der Waals surface area contributed by atoms with Crippen LogP contribution in [0.4, 0.5) is 19.1 Å². The summed E-state index contributed by atoms with van der Waals surface area (Å²) >= 11 is 0. The normalized spacial score (nSPS) is 17.4. The van der Waals surface area contributed by atoms with Crippen LogP contribution in [0.15, 0.2) is 42.5 Å². The summed E-state index contributed by atoms with van der Waals surface area (Å²) < 4.78 is 40.9. The Labute approximate surface area is 205 Å². The molecular weight excluding hydrogens is 477 g/mol. The molecule has 8 nitrogen and oxygen atoms in total. The number of nitrogens with one attached hydrogen (secondary N) is 1. The molecule has 36 heavy (non-hydrogen) atoms. The molecule has 4 rings (SSSR count). The molecule has 1 aliphatic heterocycles. The maximum atomic E-state index is 13.1. The minimum absolute atomic E-state index is 0.0178. The van der Waals surface area contributed by atoms with Gasteiger partial charge in [0, 0.05) is 25.7 Å². The van der Waals surface area contributed by atoms with Gasteiger partial charge in [-0.1, -0.05) is 12.1 Å². The summed E-state index contributed by atoms with van der Waals surface area (Å²) in [6, 6.07) is 9.44. The molecule has 3 aromatic rings. The van der Waals surface area contributed by atoms with Crippen molar-refractivity contribution in [2.75, 3.05) is 25.5 Å². The molecule has 1 aromatic heterocycles. The number of aromatic nitrogens is 2. The monoisotopic (exact) mass is 504 g/mol. The van der Waals surface area contributed by atoms with E-state index >= 15 is 0 Å². The first-order chi connectivity index (χ1) is 17.1. The fraction of sp³-hybridized carbons (Fsp3) is 0.400. The van der Waals surface area contributed by atoms with E-state index in [2.05, 4.69) is 10.3 Å². The number of nitrogens with zero attached hydrogens (tertiary/aromatic N) is 3. The zero-order valence-corrected chi connectivity index (χ0v) is 19.6. The first kappa shape index (κ1) is 25.6. The number of fused-ring (bicyclic) bond motifs is 1. The zero-order chi connectivity index (χ0) is 26.0. The Kier molecular flexibility index (Phi) is 7.32. The van der Waals surface area contributed by atoms with E-state index in [1.807, 2.05) is 6.07 Å². The van der Waals surface area contributed by atoms with Crippen molar-refractivity contribution in [1.29, 1.82) is 0 Å². The molecular formula is C25H27F3N4O4. The van der Waals surface area contributed by atoms with Crippen molar-refractivity contribution >= 4 is 28.8 Å². The van der Waals surface area contributed by atoms with E-state index in [0.717, 1.165) is 30.2 Å². The first-order valence-electron chi connectivity index (χ1n) is 11.6. The molecule has 1 aliphatic rings. The van der Waals surface area contributed by atoms with E-state index in [9.17, 15) is 33.0 Å². The van der Waals surface area contributed by atoms with Crippen molar-refractivity contribution in [3.63, 3.8) is 0 Å². The number of hydrogen-bond donors (Lipinski definition) is 3. The van der Waals surface area contributed by atoms with Gasteiger partial charge >= 0.3 is 6.18 Å². The van der Waals surface area contributed by atoms with E-state index in [0.29, 0.717) is 24.0 Å². The van der Waals surface area contributed by atoms with Gasteiger partial charge in [0.2, 0.25) is 11.9 Å². The number of carbonyl (C=O) groups excluding carboxylic acids is 2. The molecule has 11 heteroatoms. The number of piperidine rings is 1. The molecule has 2 aromatic carbocycles. The van der Waals surface area contributed by atoms with Crippen LogP contribution >= 0.6 is 0 Å². The molecule has 2 unspecified atom stereocenters. The van der Waals surface area contributed by atoms with Crippen LogP contribution in [0.3, 0.4) is 0 Å². The van der Waals surface area contributed by atoms with Crippen molar-refractivity contribution < 1.29 is 33.0 Å². The molecule has 0 spiro atoms. The van der Waals surface area contributed by atoms with Crippen molar-refractivity contribution in [2.45, 2.75) is 44.0 Å². The van der Waals surface area contributed by atoms with Gasteiger partial charge in [-0.2, -0.15) is 13.2 Å². The van der Waals surface area contributed by atoms with Gasteiger partial charge in [0.05, 0.1) is 35.2 Å². The number of imidazole rings is 1. The minimum Gasteiger partial charge on any atom is -0.394 e. The number of benzene rings is 2. The Hall–Kier alpha value is -3.44. The summed E-state index contributed by atoms with van der Waals surface area (Å²) in [6.45, 7) is 0.437. The average Bonchev–Trinajstić information content (AvgIpc) is 3.19. The van der Waals surface area contributed by atoms with Gasteiger partial charge in [0.15, 0.2) is 0 Å². The number of likely N-dealkylation sites (tertiary alicyclic amines) is 1. The number of carbonyl (C=O) groups is 2. The van der Waals surface area contributed by atoms with Crippen LogP contribution < -0.4 is 5.32 Å². The number of rotatable bonds is 7. The summed E-state index contributed by atoms with van der Waals surface area (Å²) in [5, 5.41) is 21.6. The quantitative estimate of drug-likeness (QED) is 0.457. The highest BCUT2D eigenvalue weighted by molar-refractivity contribution is 6.04. The molecule has 0 bridgehead atoms. The topological polar surface area (TPSA) is 108 Å². The van der Waals surface area contributed by atoms with Crippen LogP contribution in [-0.4, -0.2) is 62.8 Å². The van der Waals surface area contributed by atoms with Gasteiger partial charge in [-0.3, -0.25) is 14.9 Å². The second-order valence-electron chi connectivity index (χ2n) is 8.95. The van der Waals surface area contributed by atoms with E-state index < -0.39 is 30.4 Å². The zero-order valence-electron chi connectivity index (χ0n) is 19.6. The fourth-order valence-corrected chi connectivity index (χ4v) is 4.41. The second-order valence-corrected chi connectivity index (χ2v) is 8.95. The number of hydrogen-bond acceptors (Lipinski definition) is 5. The number of halogens is 3. The lowest BCUT2D eigenvalue weighted by Gasteiger charge is -2.29. The Balaban J connectivity index is 1.68. The Bertz CT molecular complexity index is 1270. The molecule has 2 atom stereocenters. The number of alkyl halides is 3. The SMILES string of the molecule is CN1CCCC(c2ccc3c(c2)nc(NC(=O)c2cccc(C(F)(F)F)c2)n3CCC(O)CO)C1=O. The highest BCUT2D eigenvalue weighted by atomic mass is 19.4. The van der Waals surface area contributed by atoms with Gasteiger partial charge in [0.1, 0.15) is 0 Å². The lowest BCUT2D eigenvalue weighted by Crippen LogP contribution is -2.36. The number of aliphatic hydroxyl groups excluding tert-OH is 2. The standard InChI is InChI=1S/C25H27F3N4O4/c1-31-10-3-6-19(23(31)36)15-7-8-21-20(13-15)29-24(32(21)11-9-18(34)14-33)30-22(35)16-4-2-5-17(12-16)25(26,27)28/h2,4-5,7-8,12-13,18-19,33-34H,3,6,9-11,14H2,1H3,(H,29,30,35). The maximum Gasteiger partial charge on any atom is 0.416 e. The number of aliphatic hydroxyl groups is 2. The number of amides is 2.